The Morgan fingerprint density at radius 3 is 2.55 bits per heavy atom. The molecule has 4 rings (SSSR count). The second-order valence-electron chi connectivity index (χ2n) is 7.37. The van der Waals surface area contributed by atoms with E-state index in [-0.39, 0.29) is 18.1 Å². The maximum atomic E-state index is 12.7. The highest BCUT2D eigenvalue weighted by Gasteiger charge is 2.23. The van der Waals surface area contributed by atoms with E-state index in [2.05, 4.69) is 34.0 Å². The van der Waals surface area contributed by atoms with Gasteiger partial charge in [0.15, 0.2) is 10.8 Å². The Balaban J connectivity index is 1.45. The van der Waals surface area contributed by atoms with Crippen LogP contribution in [-0.4, -0.2) is 41.2 Å². The molecule has 4 heterocycles. The van der Waals surface area contributed by atoms with E-state index in [9.17, 15) is 4.79 Å². The van der Waals surface area contributed by atoms with E-state index in [1.165, 1.54) is 11.3 Å². The van der Waals surface area contributed by atoms with Crippen molar-refractivity contribution in [2.45, 2.75) is 39.9 Å². The number of carbonyl (C=O) groups excluding carboxylic acids is 1. The van der Waals surface area contributed by atoms with Gasteiger partial charge in [-0.2, -0.15) is 0 Å². The maximum Gasteiger partial charge on any atom is 0.267 e. The molecule has 3 aromatic rings. The van der Waals surface area contributed by atoms with Gasteiger partial charge in [-0.25, -0.2) is 9.97 Å². The summed E-state index contributed by atoms with van der Waals surface area (Å²) >= 11 is 1.32. The first-order chi connectivity index (χ1) is 13.9. The number of hydrogen-bond acceptors (Lipinski definition) is 7. The smallest absolute Gasteiger partial charge is 0.267 e. The molecule has 1 amide bonds. The average molecular weight is 413 g/mol. The van der Waals surface area contributed by atoms with Crippen LogP contribution in [0, 0.1) is 13.8 Å². The van der Waals surface area contributed by atoms with Crippen LogP contribution in [0.1, 0.15) is 35.0 Å². The number of nitrogens with zero attached hydrogens (tertiary/aromatic N) is 3. The molecule has 0 saturated carbocycles. The lowest BCUT2D eigenvalue weighted by Gasteiger charge is -2.36. The highest BCUT2D eigenvalue weighted by Crippen LogP contribution is 2.30. The Kier molecular flexibility index (Phi) is 5.38. The van der Waals surface area contributed by atoms with Crippen LogP contribution in [0.3, 0.4) is 0 Å². The molecule has 0 aliphatic carbocycles. The normalized spacial score (nSPS) is 19.4. The molecule has 7 nitrogen and oxygen atoms in total. The molecule has 29 heavy (non-hydrogen) atoms. The fourth-order valence-electron chi connectivity index (χ4n) is 3.46. The number of nitrogens with one attached hydrogen (secondary N) is 1. The van der Waals surface area contributed by atoms with Crippen LogP contribution in [0.5, 0.6) is 0 Å². The first-order valence-electron chi connectivity index (χ1n) is 9.61. The molecule has 1 fully saturated rings. The Morgan fingerprint density at radius 1 is 1.17 bits per heavy atom. The summed E-state index contributed by atoms with van der Waals surface area (Å²) in [6.45, 7) is 9.44. The number of ether oxygens (including phenoxy) is 1. The molecular formula is C21H24N4O3S. The third-order valence-electron chi connectivity index (χ3n) is 4.70. The number of thiazole rings is 1. The van der Waals surface area contributed by atoms with E-state index >= 15 is 0 Å². The van der Waals surface area contributed by atoms with Crippen LogP contribution in [0.4, 0.5) is 11.5 Å². The molecular weight excluding hydrogens is 388 g/mol. The molecule has 0 bridgehead atoms. The molecule has 1 aliphatic heterocycles. The molecule has 1 aliphatic rings. The summed E-state index contributed by atoms with van der Waals surface area (Å²) in [6, 6.07) is 7.55. The Bertz CT molecular complexity index is 1000. The fraction of sp³-hybridized carbons (Fsp3) is 0.381. The molecule has 0 aromatic carbocycles. The Labute approximate surface area is 173 Å². The van der Waals surface area contributed by atoms with Gasteiger partial charge in [-0.1, -0.05) is 0 Å². The van der Waals surface area contributed by atoms with Gasteiger partial charge in [0, 0.05) is 13.1 Å². The first-order valence-corrected chi connectivity index (χ1v) is 10.4. The topological polar surface area (TPSA) is 80.5 Å². The van der Waals surface area contributed by atoms with Crippen molar-refractivity contribution in [1.82, 2.24) is 9.97 Å². The minimum absolute atomic E-state index is 0.168. The zero-order valence-electron chi connectivity index (χ0n) is 16.9. The third kappa shape index (κ3) is 4.33. The van der Waals surface area contributed by atoms with Gasteiger partial charge in [-0.05, 0) is 52.0 Å². The molecule has 8 heteroatoms. The van der Waals surface area contributed by atoms with Crippen molar-refractivity contribution in [1.29, 1.82) is 0 Å². The largest absolute Gasteiger partial charge is 0.459 e. The summed E-state index contributed by atoms with van der Waals surface area (Å²) in [7, 11) is 0. The second-order valence-corrected chi connectivity index (χ2v) is 8.36. The number of pyridine rings is 1. The second kappa shape index (κ2) is 7.96. The maximum absolute atomic E-state index is 12.7. The number of amides is 1. The van der Waals surface area contributed by atoms with Crippen molar-refractivity contribution in [3.63, 3.8) is 0 Å². The molecule has 0 radical (unpaired) electrons. The number of aromatic nitrogens is 2. The summed E-state index contributed by atoms with van der Waals surface area (Å²) in [4.78, 5) is 24.5. The van der Waals surface area contributed by atoms with E-state index in [1.807, 2.05) is 38.1 Å². The average Bonchev–Trinajstić information content (AvgIpc) is 3.27. The van der Waals surface area contributed by atoms with Crippen LogP contribution in [0.25, 0.3) is 10.8 Å². The van der Waals surface area contributed by atoms with Crippen molar-refractivity contribution in [2.75, 3.05) is 23.3 Å². The van der Waals surface area contributed by atoms with E-state index < -0.39 is 0 Å². The van der Waals surface area contributed by atoms with Crippen LogP contribution >= 0.6 is 11.3 Å². The van der Waals surface area contributed by atoms with Gasteiger partial charge in [0.25, 0.3) is 5.91 Å². The minimum atomic E-state index is -0.197. The van der Waals surface area contributed by atoms with Gasteiger partial charge >= 0.3 is 0 Å². The summed E-state index contributed by atoms with van der Waals surface area (Å²) in [5, 5.41) is 3.61. The van der Waals surface area contributed by atoms with Crippen LogP contribution in [0.15, 0.2) is 34.9 Å². The Hall–Kier alpha value is -2.71. The summed E-state index contributed by atoms with van der Waals surface area (Å²) in [5.41, 5.74) is 1.33. The summed E-state index contributed by atoms with van der Waals surface area (Å²) in [6.07, 6.45) is 2.02. The lowest BCUT2D eigenvalue weighted by atomic mass is 10.2. The predicted octanol–water partition coefficient (Wildman–Crippen LogP) is 4.28. The van der Waals surface area contributed by atoms with E-state index in [4.69, 9.17) is 9.15 Å². The van der Waals surface area contributed by atoms with E-state index in [0.717, 1.165) is 24.7 Å². The fourth-order valence-corrected chi connectivity index (χ4v) is 4.39. The van der Waals surface area contributed by atoms with Crippen LogP contribution in [-0.2, 0) is 4.74 Å². The van der Waals surface area contributed by atoms with Crippen molar-refractivity contribution < 1.29 is 13.9 Å². The molecule has 1 saturated heterocycles. The van der Waals surface area contributed by atoms with Gasteiger partial charge in [0.05, 0.1) is 29.8 Å². The standard InChI is InChI=1S/C21H24N4O3S/c1-12-5-7-17(28-12)21-23-15(4)19(29-21)20(26)24-16-6-8-18(22-9-16)25-10-13(2)27-14(3)11-25/h5-9,13-14H,10-11H2,1-4H3,(H,24,26). The molecule has 1 N–H and O–H groups in total. The Morgan fingerprint density at radius 2 is 1.93 bits per heavy atom. The third-order valence-corrected chi connectivity index (χ3v) is 5.87. The highest BCUT2D eigenvalue weighted by atomic mass is 32.1. The zero-order valence-corrected chi connectivity index (χ0v) is 17.7. The molecule has 152 valence electrons. The zero-order chi connectivity index (χ0) is 20.5. The van der Waals surface area contributed by atoms with Crippen molar-refractivity contribution in [3.8, 4) is 10.8 Å². The van der Waals surface area contributed by atoms with Crippen LogP contribution < -0.4 is 10.2 Å². The lowest BCUT2D eigenvalue weighted by molar-refractivity contribution is -0.00545. The van der Waals surface area contributed by atoms with Gasteiger partial charge in [0.2, 0.25) is 0 Å². The molecule has 0 spiro atoms. The number of furan rings is 1. The predicted molar refractivity (Wildman–Crippen MR) is 114 cm³/mol. The highest BCUT2D eigenvalue weighted by molar-refractivity contribution is 7.17. The monoisotopic (exact) mass is 412 g/mol. The van der Waals surface area contributed by atoms with Crippen molar-refractivity contribution >= 4 is 28.7 Å². The molecule has 2 unspecified atom stereocenters. The minimum Gasteiger partial charge on any atom is -0.459 e. The number of carbonyl (C=O) groups is 1. The number of morpholine rings is 1. The molecule has 3 aromatic heterocycles. The molecule has 2 atom stereocenters. The number of rotatable bonds is 4. The number of anilines is 2. The van der Waals surface area contributed by atoms with Gasteiger partial charge in [-0.15, -0.1) is 11.3 Å². The van der Waals surface area contributed by atoms with Crippen molar-refractivity contribution in [3.05, 3.63) is 46.8 Å². The van der Waals surface area contributed by atoms with E-state index in [1.54, 1.807) is 6.20 Å². The van der Waals surface area contributed by atoms with Gasteiger partial charge in [-0.3, -0.25) is 4.79 Å². The number of hydrogen-bond donors (Lipinski definition) is 1. The number of aryl methyl sites for hydroxylation is 2. The van der Waals surface area contributed by atoms with Crippen molar-refractivity contribution in [2.24, 2.45) is 0 Å². The quantitative estimate of drug-likeness (QED) is 0.689. The van der Waals surface area contributed by atoms with E-state index in [0.29, 0.717) is 27.0 Å². The van der Waals surface area contributed by atoms with Gasteiger partial charge in [0.1, 0.15) is 16.5 Å². The van der Waals surface area contributed by atoms with Gasteiger partial charge < -0.3 is 19.4 Å². The first kappa shape index (κ1) is 19.6. The summed E-state index contributed by atoms with van der Waals surface area (Å²) in [5.74, 6) is 2.18. The van der Waals surface area contributed by atoms with Crippen LogP contribution in [0.2, 0.25) is 0 Å². The SMILES string of the molecule is Cc1ccc(-c2nc(C)c(C(=O)Nc3ccc(N4CC(C)OC(C)C4)nc3)s2)o1. The lowest BCUT2D eigenvalue weighted by Crippen LogP contribution is -2.45. The summed E-state index contributed by atoms with van der Waals surface area (Å²) < 4.78 is 11.4.